The van der Waals surface area contributed by atoms with E-state index >= 15 is 0 Å². The lowest BCUT2D eigenvalue weighted by Crippen LogP contribution is -2.39. The molecule has 0 aliphatic carbocycles. The van der Waals surface area contributed by atoms with Crippen LogP contribution < -0.4 is 4.74 Å². The molecular weight excluding hydrogens is 303 g/mol. The lowest BCUT2D eigenvalue weighted by Gasteiger charge is -2.35. The second-order valence-electron chi connectivity index (χ2n) is 5.69. The Labute approximate surface area is 125 Å². The summed E-state index contributed by atoms with van der Waals surface area (Å²) in [4.78, 5) is 17.8. The van der Waals surface area contributed by atoms with E-state index in [1.165, 1.54) is 6.20 Å². The van der Waals surface area contributed by atoms with E-state index in [-0.39, 0.29) is 15.5 Å². The molecule has 0 unspecified atom stereocenters. The number of nitrogens with zero attached hydrogens (tertiary/aromatic N) is 2. The van der Waals surface area contributed by atoms with Gasteiger partial charge in [-0.1, -0.05) is 25.4 Å². The van der Waals surface area contributed by atoms with Crippen molar-refractivity contribution in [2.45, 2.75) is 44.8 Å². The molecule has 0 atom stereocenters. The zero-order valence-electron chi connectivity index (χ0n) is 11.7. The SMILES string of the molecule is CC(C)(CCCOc1cnc(Cl)nc1Cl)[Si](C)(C)O. The van der Waals surface area contributed by atoms with Gasteiger partial charge in [0, 0.05) is 0 Å². The summed E-state index contributed by atoms with van der Waals surface area (Å²) >= 11 is 11.5. The van der Waals surface area contributed by atoms with E-state index in [4.69, 9.17) is 27.9 Å². The fourth-order valence-electron chi connectivity index (χ4n) is 1.43. The van der Waals surface area contributed by atoms with Crippen molar-refractivity contribution in [3.05, 3.63) is 16.6 Å². The minimum atomic E-state index is -2.16. The minimum absolute atomic E-state index is 0.0450. The Balaban J connectivity index is 2.43. The van der Waals surface area contributed by atoms with E-state index in [0.29, 0.717) is 12.4 Å². The maximum Gasteiger partial charge on any atom is 0.224 e. The van der Waals surface area contributed by atoms with Crippen LogP contribution in [0.25, 0.3) is 0 Å². The first kappa shape index (κ1) is 16.7. The van der Waals surface area contributed by atoms with Crippen LogP contribution in [0.5, 0.6) is 5.75 Å². The monoisotopic (exact) mass is 322 g/mol. The number of rotatable bonds is 6. The number of aromatic nitrogens is 2. The molecule has 19 heavy (non-hydrogen) atoms. The van der Waals surface area contributed by atoms with Gasteiger partial charge in [-0.15, -0.1) is 0 Å². The van der Waals surface area contributed by atoms with Gasteiger partial charge in [-0.25, -0.2) is 9.97 Å². The van der Waals surface area contributed by atoms with Crippen molar-refractivity contribution >= 4 is 31.5 Å². The summed E-state index contributed by atoms with van der Waals surface area (Å²) in [6.45, 7) is 8.61. The fourth-order valence-corrected chi connectivity index (χ4v) is 2.58. The fraction of sp³-hybridized carbons (Fsp3) is 0.667. The first-order valence-electron chi connectivity index (χ1n) is 6.17. The highest BCUT2D eigenvalue weighted by Gasteiger charge is 2.37. The largest absolute Gasteiger partial charge is 0.489 e. The average molecular weight is 323 g/mol. The third-order valence-electron chi connectivity index (χ3n) is 3.54. The zero-order chi connectivity index (χ0) is 14.7. The molecular formula is C12H20Cl2N2O2Si. The molecule has 1 aromatic rings. The second-order valence-corrected chi connectivity index (χ2v) is 10.9. The van der Waals surface area contributed by atoms with E-state index in [9.17, 15) is 4.80 Å². The van der Waals surface area contributed by atoms with Crippen molar-refractivity contribution in [3.63, 3.8) is 0 Å². The van der Waals surface area contributed by atoms with Crippen LogP contribution in [-0.4, -0.2) is 29.7 Å². The summed E-state index contributed by atoms with van der Waals surface area (Å²) in [6.07, 6.45) is 3.20. The molecule has 0 bridgehead atoms. The summed E-state index contributed by atoms with van der Waals surface area (Å²) in [5.41, 5.74) is 0. The van der Waals surface area contributed by atoms with Crippen molar-refractivity contribution in [3.8, 4) is 5.75 Å². The predicted molar refractivity (Wildman–Crippen MR) is 80.5 cm³/mol. The van der Waals surface area contributed by atoms with Crippen molar-refractivity contribution in [1.82, 2.24) is 9.97 Å². The first-order valence-corrected chi connectivity index (χ1v) is 9.87. The molecule has 108 valence electrons. The molecule has 1 N–H and O–H groups in total. The van der Waals surface area contributed by atoms with Crippen LogP contribution in [0, 0.1) is 0 Å². The van der Waals surface area contributed by atoms with Crippen molar-refractivity contribution in [2.24, 2.45) is 0 Å². The molecule has 0 aromatic carbocycles. The van der Waals surface area contributed by atoms with Gasteiger partial charge in [0.1, 0.15) is 0 Å². The van der Waals surface area contributed by atoms with E-state index in [1.807, 2.05) is 13.1 Å². The van der Waals surface area contributed by atoms with Crippen molar-refractivity contribution in [2.75, 3.05) is 6.61 Å². The summed E-state index contributed by atoms with van der Waals surface area (Å²) in [6, 6.07) is 0. The molecule has 0 fully saturated rings. The van der Waals surface area contributed by atoms with E-state index in [1.54, 1.807) is 0 Å². The van der Waals surface area contributed by atoms with E-state index in [0.717, 1.165) is 12.8 Å². The zero-order valence-corrected chi connectivity index (χ0v) is 14.2. The quantitative estimate of drug-likeness (QED) is 0.373. The second kappa shape index (κ2) is 6.39. The number of halogens is 2. The van der Waals surface area contributed by atoms with Gasteiger partial charge >= 0.3 is 0 Å². The Hall–Kier alpha value is -0.363. The topological polar surface area (TPSA) is 55.2 Å². The van der Waals surface area contributed by atoms with Gasteiger partial charge in [0.2, 0.25) is 5.28 Å². The van der Waals surface area contributed by atoms with Crippen LogP contribution in [0.1, 0.15) is 26.7 Å². The molecule has 0 aliphatic rings. The molecule has 1 rings (SSSR count). The first-order chi connectivity index (χ1) is 8.63. The number of ether oxygens (including phenoxy) is 1. The van der Waals surface area contributed by atoms with Gasteiger partial charge in [0.05, 0.1) is 12.8 Å². The Morgan fingerprint density at radius 3 is 2.53 bits per heavy atom. The smallest absolute Gasteiger partial charge is 0.224 e. The molecule has 0 spiro atoms. The molecule has 0 radical (unpaired) electrons. The van der Waals surface area contributed by atoms with Gasteiger partial charge < -0.3 is 9.53 Å². The van der Waals surface area contributed by atoms with E-state index in [2.05, 4.69) is 23.8 Å². The maximum absolute atomic E-state index is 10.2. The van der Waals surface area contributed by atoms with Gasteiger partial charge in [0.25, 0.3) is 0 Å². The number of hydrogen-bond acceptors (Lipinski definition) is 4. The summed E-state index contributed by atoms with van der Waals surface area (Å²) in [5.74, 6) is 0.435. The van der Waals surface area contributed by atoms with Crippen LogP contribution in [0.4, 0.5) is 0 Å². The molecule has 4 nitrogen and oxygen atoms in total. The van der Waals surface area contributed by atoms with Gasteiger partial charge in [0.15, 0.2) is 19.2 Å². The average Bonchev–Trinajstić information content (AvgIpc) is 2.25. The van der Waals surface area contributed by atoms with E-state index < -0.39 is 8.32 Å². The predicted octanol–water partition coefficient (Wildman–Crippen LogP) is 3.92. The molecule has 0 saturated carbocycles. The highest BCUT2D eigenvalue weighted by molar-refractivity contribution is 6.72. The van der Waals surface area contributed by atoms with Crippen molar-refractivity contribution < 1.29 is 9.53 Å². The van der Waals surface area contributed by atoms with Crippen LogP contribution in [0.2, 0.25) is 28.6 Å². The molecule has 1 aromatic heterocycles. The molecule has 0 aliphatic heterocycles. The highest BCUT2D eigenvalue weighted by Crippen LogP contribution is 2.39. The van der Waals surface area contributed by atoms with Crippen LogP contribution >= 0.6 is 23.2 Å². The molecule has 7 heteroatoms. The molecule has 0 saturated heterocycles. The molecule has 0 amide bonds. The Bertz CT molecular complexity index is 436. The Kier molecular flexibility index (Phi) is 5.61. The number of hydrogen-bond donors (Lipinski definition) is 1. The minimum Gasteiger partial charge on any atom is -0.489 e. The van der Waals surface area contributed by atoms with Crippen LogP contribution in [0.15, 0.2) is 6.20 Å². The standard InChI is InChI=1S/C12H20Cl2N2O2Si/c1-12(2,19(3,4)17)6-5-7-18-9-8-15-11(14)16-10(9)13/h8,17H,5-7H2,1-4H3. The van der Waals surface area contributed by atoms with Gasteiger partial charge in [-0.3, -0.25) is 0 Å². The normalized spacial score (nSPS) is 12.6. The lowest BCUT2D eigenvalue weighted by molar-refractivity contribution is 0.292. The summed E-state index contributed by atoms with van der Waals surface area (Å²) < 4.78 is 5.52. The third kappa shape index (κ3) is 4.91. The summed E-state index contributed by atoms with van der Waals surface area (Å²) in [5, 5.41) is 0.277. The summed E-state index contributed by atoms with van der Waals surface area (Å²) in [7, 11) is -2.16. The van der Waals surface area contributed by atoms with Crippen molar-refractivity contribution in [1.29, 1.82) is 0 Å². The molecule has 1 heterocycles. The Morgan fingerprint density at radius 2 is 2.00 bits per heavy atom. The Morgan fingerprint density at radius 1 is 1.37 bits per heavy atom. The van der Waals surface area contributed by atoms with Gasteiger partial charge in [-0.05, 0) is 42.6 Å². The van der Waals surface area contributed by atoms with Crippen LogP contribution in [0.3, 0.4) is 0 Å². The maximum atomic E-state index is 10.2. The third-order valence-corrected chi connectivity index (χ3v) is 7.56. The van der Waals surface area contributed by atoms with Crippen LogP contribution in [-0.2, 0) is 0 Å². The highest BCUT2D eigenvalue weighted by atomic mass is 35.5. The van der Waals surface area contributed by atoms with Gasteiger partial charge in [-0.2, -0.15) is 0 Å². The lowest BCUT2D eigenvalue weighted by atomic mass is 10.1.